The Hall–Kier alpha value is -0.850. The highest BCUT2D eigenvalue weighted by atomic mass is 127. The number of amides is 1. The summed E-state index contributed by atoms with van der Waals surface area (Å²) in [5.41, 5.74) is 0.587. The number of pyridine rings is 1. The first kappa shape index (κ1) is 12.6. The lowest BCUT2D eigenvalue weighted by atomic mass is 10.2. The van der Waals surface area contributed by atoms with Gasteiger partial charge < -0.3 is 9.64 Å². The van der Waals surface area contributed by atoms with Gasteiger partial charge >= 0.3 is 0 Å². The number of hydrogen-bond donors (Lipinski definition) is 0. The van der Waals surface area contributed by atoms with Crippen LogP contribution in [0, 0.1) is 3.57 Å². The van der Waals surface area contributed by atoms with Gasteiger partial charge in [0, 0.05) is 22.4 Å². The van der Waals surface area contributed by atoms with E-state index in [0.29, 0.717) is 17.5 Å². The van der Waals surface area contributed by atoms with E-state index in [4.69, 9.17) is 4.74 Å². The van der Waals surface area contributed by atoms with Crippen LogP contribution in [0.3, 0.4) is 0 Å². The predicted molar refractivity (Wildman–Crippen MR) is 73.2 cm³/mol. The van der Waals surface area contributed by atoms with Crippen LogP contribution in [-0.4, -0.2) is 35.5 Å². The van der Waals surface area contributed by atoms with E-state index >= 15 is 0 Å². The topological polar surface area (TPSA) is 42.4 Å². The van der Waals surface area contributed by atoms with Crippen molar-refractivity contribution in [3.05, 3.63) is 21.4 Å². The Morgan fingerprint density at radius 2 is 2.41 bits per heavy atom. The molecule has 0 saturated carbocycles. The minimum Gasteiger partial charge on any atom is -0.480 e. The number of ether oxygens (including phenoxy) is 1. The molecule has 4 nitrogen and oxygen atoms in total. The highest BCUT2D eigenvalue weighted by molar-refractivity contribution is 14.1. The number of nitrogens with zero attached hydrogens (tertiary/aromatic N) is 2. The van der Waals surface area contributed by atoms with E-state index in [1.807, 2.05) is 11.0 Å². The van der Waals surface area contributed by atoms with Gasteiger partial charge in [-0.05, 0) is 48.4 Å². The Bertz CT molecular complexity index is 437. The Kier molecular flexibility index (Phi) is 3.86. The van der Waals surface area contributed by atoms with Crippen LogP contribution in [-0.2, 0) is 0 Å². The molecule has 0 bridgehead atoms. The van der Waals surface area contributed by atoms with E-state index in [2.05, 4.69) is 34.5 Å². The van der Waals surface area contributed by atoms with Gasteiger partial charge in [-0.2, -0.15) is 0 Å². The SMILES string of the molecule is COc1nccc(I)c1C(=O)N1CCCC1C. The van der Waals surface area contributed by atoms with Crippen molar-refractivity contribution in [2.75, 3.05) is 13.7 Å². The molecular formula is C12H15IN2O2. The van der Waals surface area contributed by atoms with Crippen molar-refractivity contribution in [3.8, 4) is 5.88 Å². The average molecular weight is 346 g/mol. The largest absolute Gasteiger partial charge is 0.480 e. The summed E-state index contributed by atoms with van der Waals surface area (Å²) < 4.78 is 6.07. The molecule has 1 aliphatic heterocycles. The number of hydrogen-bond acceptors (Lipinski definition) is 3. The first-order valence-electron chi connectivity index (χ1n) is 5.64. The molecule has 1 amide bonds. The molecule has 2 heterocycles. The molecule has 1 fully saturated rings. The summed E-state index contributed by atoms with van der Waals surface area (Å²) in [5, 5.41) is 0. The molecule has 1 unspecified atom stereocenters. The van der Waals surface area contributed by atoms with Gasteiger partial charge in [0.25, 0.3) is 5.91 Å². The van der Waals surface area contributed by atoms with Crippen molar-refractivity contribution in [3.63, 3.8) is 0 Å². The fraction of sp³-hybridized carbons (Fsp3) is 0.500. The van der Waals surface area contributed by atoms with E-state index in [9.17, 15) is 4.79 Å². The molecule has 92 valence electrons. The van der Waals surface area contributed by atoms with Crippen LogP contribution in [0.25, 0.3) is 0 Å². The van der Waals surface area contributed by atoms with Crippen LogP contribution in [0.1, 0.15) is 30.1 Å². The summed E-state index contributed by atoms with van der Waals surface area (Å²) in [6.07, 6.45) is 3.81. The summed E-state index contributed by atoms with van der Waals surface area (Å²) in [6, 6.07) is 2.14. The lowest BCUT2D eigenvalue weighted by molar-refractivity contribution is 0.0742. The number of likely N-dealkylation sites (tertiary alicyclic amines) is 1. The zero-order chi connectivity index (χ0) is 12.4. The molecule has 17 heavy (non-hydrogen) atoms. The van der Waals surface area contributed by atoms with Crippen LogP contribution in [0.2, 0.25) is 0 Å². The molecule has 1 aromatic rings. The number of methoxy groups -OCH3 is 1. The van der Waals surface area contributed by atoms with Crippen molar-refractivity contribution in [1.82, 2.24) is 9.88 Å². The molecule has 1 aliphatic rings. The van der Waals surface area contributed by atoms with Gasteiger partial charge in [-0.3, -0.25) is 4.79 Å². The van der Waals surface area contributed by atoms with Gasteiger partial charge in [0.15, 0.2) is 0 Å². The molecular weight excluding hydrogens is 331 g/mol. The maximum absolute atomic E-state index is 12.5. The summed E-state index contributed by atoms with van der Waals surface area (Å²) in [6.45, 7) is 2.91. The average Bonchev–Trinajstić information content (AvgIpc) is 2.74. The summed E-state index contributed by atoms with van der Waals surface area (Å²) >= 11 is 2.15. The lowest BCUT2D eigenvalue weighted by Gasteiger charge is -2.22. The summed E-state index contributed by atoms with van der Waals surface area (Å²) in [7, 11) is 1.54. The Labute approximate surface area is 114 Å². The molecule has 2 rings (SSSR count). The van der Waals surface area contributed by atoms with Gasteiger partial charge in [0.2, 0.25) is 5.88 Å². The van der Waals surface area contributed by atoms with E-state index in [0.717, 1.165) is 23.0 Å². The maximum atomic E-state index is 12.5. The van der Waals surface area contributed by atoms with E-state index in [1.165, 1.54) is 0 Å². The van der Waals surface area contributed by atoms with E-state index in [1.54, 1.807) is 13.3 Å². The lowest BCUT2D eigenvalue weighted by Crippen LogP contribution is -2.34. The molecule has 0 aromatic carbocycles. The fourth-order valence-corrected chi connectivity index (χ4v) is 2.77. The Morgan fingerprint density at radius 1 is 1.65 bits per heavy atom. The molecule has 1 saturated heterocycles. The number of carbonyl (C=O) groups excluding carboxylic acids is 1. The van der Waals surface area contributed by atoms with Gasteiger partial charge in [-0.1, -0.05) is 0 Å². The third-order valence-electron chi connectivity index (χ3n) is 3.09. The molecule has 0 radical (unpaired) electrons. The van der Waals surface area contributed by atoms with Crippen molar-refractivity contribution >= 4 is 28.5 Å². The second-order valence-electron chi connectivity index (χ2n) is 4.17. The zero-order valence-electron chi connectivity index (χ0n) is 9.94. The van der Waals surface area contributed by atoms with E-state index in [-0.39, 0.29) is 5.91 Å². The van der Waals surface area contributed by atoms with Crippen LogP contribution in [0.4, 0.5) is 0 Å². The van der Waals surface area contributed by atoms with Crippen molar-refractivity contribution in [2.45, 2.75) is 25.8 Å². The van der Waals surface area contributed by atoms with Gasteiger partial charge in [-0.15, -0.1) is 0 Å². The molecule has 0 aliphatic carbocycles. The first-order valence-corrected chi connectivity index (χ1v) is 6.72. The summed E-state index contributed by atoms with van der Waals surface area (Å²) in [5.74, 6) is 0.449. The highest BCUT2D eigenvalue weighted by Crippen LogP contribution is 2.26. The third-order valence-corrected chi connectivity index (χ3v) is 3.99. The second-order valence-corrected chi connectivity index (χ2v) is 5.33. The monoisotopic (exact) mass is 346 g/mol. The minimum absolute atomic E-state index is 0.0318. The van der Waals surface area contributed by atoms with Crippen molar-refractivity contribution < 1.29 is 9.53 Å². The van der Waals surface area contributed by atoms with Crippen molar-refractivity contribution in [1.29, 1.82) is 0 Å². The normalized spacial score (nSPS) is 19.5. The smallest absolute Gasteiger partial charge is 0.260 e. The van der Waals surface area contributed by atoms with Crippen LogP contribution < -0.4 is 4.74 Å². The number of rotatable bonds is 2. The minimum atomic E-state index is 0.0318. The van der Waals surface area contributed by atoms with Crippen LogP contribution in [0.5, 0.6) is 5.88 Å². The van der Waals surface area contributed by atoms with Gasteiger partial charge in [0.05, 0.1) is 7.11 Å². The van der Waals surface area contributed by atoms with Crippen LogP contribution in [0.15, 0.2) is 12.3 Å². The maximum Gasteiger partial charge on any atom is 0.260 e. The third kappa shape index (κ3) is 2.38. The Balaban J connectivity index is 2.36. The molecule has 1 atom stereocenters. The second kappa shape index (κ2) is 5.20. The van der Waals surface area contributed by atoms with Gasteiger partial charge in [-0.25, -0.2) is 4.98 Å². The van der Waals surface area contributed by atoms with Gasteiger partial charge in [0.1, 0.15) is 5.56 Å². The number of aromatic nitrogens is 1. The predicted octanol–water partition coefficient (Wildman–Crippen LogP) is 2.32. The Morgan fingerprint density at radius 3 is 3.00 bits per heavy atom. The summed E-state index contributed by atoms with van der Waals surface area (Å²) in [4.78, 5) is 18.5. The fourth-order valence-electron chi connectivity index (χ4n) is 2.15. The zero-order valence-corrected chi connectivity index (χ0v) is 12.1. The highest BCUT2D eigenvalue weighted by Gasteiger charge is 2.29. The van der Waals surface area contributed by atoms with Crippen molar-refractivity contribution in [2.24, 2.45) is 0 Å². The van der Waals surface area contributed by atoms with Crippen LogP contribution >= 0.6 is 22.6 Å². The molecule has 0 spiro atoms. The molecule has 0 N–H and O–H groups in total. The standard InChI is InChI=1S/C12H15IN2O2/c1-8-4-3-7-15(8)12(16)10-9(13)5-6-14-11(10)17-2/h5-6,8H,3-4,7H2,1-2H3. The number of carbonyl (C=O) groups is 1. The quantitative estimate of drug-likeness (QED) is 0.772. The first-order chi connectivity index (χ1) is 8.15. The molecule has 5 heteroatoms. The number of halogens is 1. The molecule has 1 aromatic heterocycles. The van der Waals surface area contributed by atoms with E-state index < -0.39 is 0 Å².